The first kappa shape index (κ1) is 26.1. The van der Waals surface area contributed by atoms with Crippen LogP contribution in [0.1, 0.15) is 31.5 Å². The monoisotopic (exact) mass is 496 g/mol. The number of carbonyl (C=O) groups is 1. The van der Waals surface area contributed by atoms with E-state index in [0.717, 1.165) is 5.56 Å². The zero-order chi connectivity index (χ0) is 25.0. The fraction of sp³-hybridized carbons (Fsp3) is 0.591. The Morgan fingerprint density at radius 1 is 1.21 bits per heavy atom. The van der Waals surface area contributed by atoms with Crippen molar-refractivity contribution in [3.05, 3.63) is 34.4 Å². The van der Waals surface area contributed by atoms with Gasteiger partial charge in [0.15, 0.2) is 22.5 Å². The number of nitrogens with zero attached hydrogens (tertiary/aromatic N) is 3. The van der Waals surface area contributed by atoms with Crippen molar-refractivity contribution in [1.29, 1.82) is 0 Å². The van der Waals surface area contributed by atoms with Crippen LogP contribution in [0.25, 0.3) is 0 Å². The predicted molar refractivity (Wildman–Crippen MR) is 124 cm³/mol. The Morgan fingerprint density at radius 3 is 2.50 bits per heavy atom. The van der Waals surface area contributed by atoms with Gasteiger partial charge in [0.05, 0.1) is 20.8 Å². The number of hydrogen-bond donors (Lipinski definition) is 4. The lowest BCUT2D eigenvalue weighted by atomic mass is 9.96. The summed E-state index contributed by atoms with van der Waals surface area (Å²) in [6.07, 6.45) is -3.65. The number of ether oxygens (including phenoxy) is 3. The van der Waals surface area contributed by atoms with E-state index in [4.69, 9.17) is 26.4 Å². The van der Waals surface area contributed by atoms with E-state index in [1.165, 1.54) is 11.6 Å². The fourth-order valence-electron chi connectivity index (χ4n) is 4.11. The second-order valence-corrected chi connectivity index (χ2v) is 8.40. The Bertz CT molecular complexity index is 1060. The molecule has 5 atom stereocenters. The molecule has 188 valence electrons. The van der Waals surface area contributed by atoms with Gasteiger partial charge in [-0.05, 0) is 43.3 Å². The number of amides is 1. The molecule has 2 heterocycles. The molecule has 1 saturated heterocycles. The van der Waals surface area contributed by atoms with Crippen molar-refractivity contribution >= 4 is 18.1 Å². The quantitative estimate of drug-likeness (QED) is 0.362. The number of rotatable bonds is 9. The predicted octanol–water partition coefficient (Wildman–Crippen LogP) is 0.353. The summed E-state index contributed by atoms with van der Waals surface area (Å²) in [6, 6.07) is 4.68. The highest BCUT2D eigenvalue weighted by Gasteiger charge is 2.46. The van der Waals surface area contributed by atoms with Crippen molar-refractivity contribution in [2.75, 3.05) is 20.8 Å². The van der Waals surface area contributed by atoms with Crippen LogP contribution in [-0.2, 0) is 28.9 Å². The first-order valence-electron chi connectivity index (χ1n) is 11.0. The number of aryl methyl sites for hydroxylation is 2. The second kappa shape index (κ2) is 11.3. The number of hydrogen-bond acceptors (Lipinski definition) is 9. The van der Waals surface area contributed by atoms with Gasteiger partial charge in [-0.2, -0.15) is 5.10 Å². The van der Waals surface area contributed by atoms with Crippen LogP contribution in [0.15, 0.2) is 18.2 Å². The largest absolute Gasteiger partial charge is 0.493 e. The molecule has 1 aromatic carbocycles. The Labute approximate surface area is 202 Å². The van der Waals surface area contributed by atoms with Gasteiger partial charge >= 0.3 is 0 Å². The number of carbonyl (C=O) groups excluding carboxylic acids is 1. The summed E-state index contributed by atoms with van der Waals surface area (Å²) in [4.78, 5) is 11.8. The summed E-state index contributed by atoms with van der Waals surface area (Å²) in [6.45, 7) is 3.26. The smallest absolute Gasteiger partial charge is 0.217 e. The maximum absolute atomic E-state index is 11.8. The van der Waals surface area contributed by atoms with Crippen LogP contribution in [0.3, 0.4) is 0 Å². The van der Waals surface area contributed by atoms with E-state index >= 15 is 0 Å². The summed E-state index contributed by atoms with van der Waals surface area (Å²) in [7, 11) is 3.16. The molecule has 0 bridgehead atoms. The molecule has 1 fully saturated rings. The number of benzene rings is 1. The summed E-state index contributed by atoms with van der Waals surface area (Å²) < 4.78 is 20.1. The Hall–Kier alpha value is -2.51. The number of nitrogens with one attached hydrogen (secondary N) is 1. The van der Waals surface area contributed by atoms with Gasteiger partial charge < -0.3 is 39.4 Å². The second-order valence-electron chi connectivity index (χ2n) is 8.03. The van der Waals surface area contributed by atoms with Crippen LogP contribution >= 0.6 is 12.2 Å². The lowest BCUT2D eigenvalue weighted by Crippen LogP contribution is -2.62. The molecule has 11 nitrogen and oxygen atoms in total. The Morgan fingerprint density at radius 2 is 1.91 bits per heavy atom. The molecule has 0 radical (unpaired) electrons. The average Bonchev–Trinajstić information content (AvgIpc) is 3.15. The molecule has 0 saturated carbocycles. The van der Waals surface area contributed by atoms with E-state index < -0.39 is 43.1 Å². The molecule has 4 N–H and O–H groups in total. The van der Waals surface area contributed by atoms with E-state index in [-0.39, 0.29) is 0 Å². The summed E-state index contributed by atoms with van der Waals surface area (Å²) in [5.41, 5.74) is 1.02. The van der Waals surface area contributed by atoms with Crippen LogP contribution in [0.5, 0.6) is 11.5 Å². The zero-order valence-corrected chi connectivity index (χ0v) is 20.5. The fourth-order valence-corrected chi connectivity index (χ4v) is 4.49. The van der Waals surface area contributed by atoms with Crippen molar-refractivity contribution in [3.63, 3.8) is 0 Å². The molecule has 0 aliphatic carbocycles. The molecule has 12 heteroatoms. The Kier molecular flexibility index (Phi) is 8.66. The van der Waals surface area contributed by atoms with Gasteiger partial charge in [0, 0.05) is 19.9 Å². The minimum absolute atomic E-state index is 0.338. The number of aromatic nitrogens is 3. The zero-order valence-electron chi connectivity index (χ0n) is 19.7. The minimum Gasteiger partial charge on any atom is -0.493 e. The maximum atomic E-state index is 11.8. The Balaban J connectivity index is 1.92. The summed E-state index contributed by atoms with van der Waals surface area (Å²) in [5.74, 6) is 1.55. The first-order chi connectivity index (χ1) is 16.2. The normalized spacial score (nSPS) is 24.6. The van der Waals surface area contributed by atoms with Gasteiger partial charge in [0.2, 0.25) is 5.91 Å². The van der Waals surface area contributed by atoms with E-state index in [2.05, 4.69) is 10.4 Å². The number of aliphatic hydroxyl groups is 3. The standard InChI is InChI=1S/C22H32N4O7S/c1-5-25-17(9-7-13-6-8-14(31-3)15(10-13)32-4)24-26(22(25)34)21-18(23-12(2)28)20(30)19(29)16(11-27)33-21/h6,8,10,16,18-21,27,29-30H,5,7,9,11H2,1-4H3,(H,23,28)/t16-,18-,19-,20-,21-/m1/s1. The topological polar surface area (TPSA) is 140 Å². The van der Waals surface area contributed by atoms with Crippen LogP contribution < -0.4 is 14.8 Å². The molecule has 1 aliphatic rings. The highest BCUT2D eigenvalue weighted by molar-refractivity contribution is 7.71. The number of methoxy groups -OCH3 is 2. The lowest BCUT2D eigenvalue weighted by molar-refractivity contribution is -0.219. The van der Waals surface area contributed by atoms with Gasteiger partial charge in [0.25, 0.3) is 0 Å². The van der Waals surface area contributed by atoms with E-state index in [0.29, 0.717) is 41.5 Å². The molecule has 2 aromatic rings. The van der Waals surface area contributed by atoms with Crippen LogP contribution in [0.4, 0.5) is 0 Å². The van der Waals surface area contributed by atoms with Crippen LogP contribution in [-0.4, -0.2) is 80.8 Å². The van der Waals surface area contributed by atoms with Crippen molar-refractivity contribution in [2.24, 2.45) is 0 Å². The number of aliphatic hydroxyl groups excluding tert-OH is 3. The molecular weight excluding hydrogens is 464 g/mol. The molecule has 3 rings (SSSR count). The van der Waals surface area contributed by atoms with Gasteiger partial charge in [0.1, 0.15) is 30.2 Å². The molecule has 1 amide bonds. The molecule has 0 unspecified atom stereocenters. The maximum Gasteiger partial charge on any atom is 0.217 e. The SMILES string of the molecule is CCn1c(CCc2ccc(OC)c(OC)c2)nn([C@@H]2O[C@H](CO)[C@@H](O)[C@H](O)[C@H]2NC(C)=O)c1=S. The first-order valence-corrected chi connectivity index (χ1v) is 11.4. The van der Waals surface area contributed by atoms with Crippen molar-refractivity contribution in [2.45, 2.75) is 63.8 Å². The summed E-state index contributed by atoms with van der Waals surface area (Å²) in [5, 5.41) is 37.8. The highest BCUT2D eigenvalue weighted by atomic mass is 32.1. The third-order valence-electron chi connectivity index (χ3n) is 5.87. The van der Waals surface area contributed by atoms with Gasteiger partial charge in [-0.25, -0.2) is 4.68 Å². The van der Waals surface area contributed by atoms with Crippen LogP contribution in [0.2, 0.25) is 0 Å². The van der Waals surface area contributed by atoms with Crippen molar-refractivity contribution in [1.82, 2.24) is 19.7 Å². The summed E-state index contributed by atoms with van der Waals surface area (Å²) >= 11 is 5.63. The molecule has 0 spiro atoms. The van der Waals surface area contributed by atoms with Gasteiger partial charge in [-0.15, -0.1) is 0 Å². The van der Waals surface area contributed by atoms with E-state index in [1.54, 1.807) is 14.2 Å². The van der Waals surface area contributed by atoms with Crippen molar-refractivity contribution < 1.29 is 34.3 Å². The van der Waals surface area contributed by atoms with Crippen LogP contribution in [0, 0.1) is 4.77 Å². The minimum atomic E-state index is -1.39. The van der Waals surface area contributed by atoms with Gasteiger partial charge in [-0.3, -0.25) is 4.79 Å². The average molecular weight is 497 g/mol. The molecule has 34 heavy (non-hydrogen) atoms. The van der Waals surface area contributed by atoms with Crippen molar-refractivity contribution in [3.8, 4) is 11.5 Å². The third-order valence-corrected chi connectivity index (χ3v) is 6.28. The molecule has 1 aromatic heterocycles. The third kappa shape index (κ3) is 5.26. The highest BCUT2D eigenvalue weighted by Crippen LogP contribution is 2.30. The van der Waals surface area contributed by atoms with E-state index in [9.17, 15) is 20.1 Å². The molecular formula is C22H32N4O7S. The van der Waals surface area contributed by atoms with E-state index in [1.807, 2.05) is 29.7 Å². The van der Waals surface area contributed by atoms with Gasteiger partial charge in [-0.1, -0.05) is 6.07 Å². The molecule has 1 aliphatic heterocycles. The lowest BCUT2D eigenvalue weighted by Gasteiger charge is -2.42.